The van der Waals surface area contributed by atoms with Crippen molar-refractivity contribution in [2.24, 2.45) is 0 Å². The van der Waals surface area contributed by atoms with Crippen LogP contribution in [0.1, 0.15) is 17.5 Å². The fourth-order valence-corrected chi connectivity index (χ4v) is 2.00. The van der Waals surface area contributed by atoms with Gasteiger partial charge in [-0.05, 0) is 24.6 Å². The monoisotopic (exact) mass is 259 g/mol. The van der Waals surface area contributed by atoms with Crippen molar-refractivity contribution in [3.05, 3.63) is 29.3 Å². The maximum absolute atomic E-state index is 12.6. The van der Waals surface area contributed by atoms with Crippen LogP contribution in [0.2, 0.25) is 0 Å². The number of rotatable bonds is 1. The number of carbonyl (C=O) groups is 1. The van der Waals surface area contributed by atoms with E-state index in [0.717, 1.165) is 12.1 Å². The van der Waals surface area contributed by atoms with Gasteiger partial charge in [0, 0.05) is 5.69 Å². The fraction of sp³-hybridized carbons (Fsp3) is 0.417. The van der Waals surface area contributed by atoms with E-state index in [1.54, 1.807) is 6.92 Å². The lowest BCUT2D eigenvalue weighted by atomic mass is 10.1. The SMILES string of the molecule is Cc1ccc(C(F)(F)F)cc1N1CC(O)CC1=O. The van der Waals surface area contributed by atoms with E-state index in [0.29, 0.717) is 5.56 Å². The molecule has 0 aromatic heterocycles. The Morgan fingerprint density at radius 2 is 2.06 bits per heavy atom. The summed E-state index contributed by atoms with van der Waals surface area (Å²) in [5.41, 5.74) is -0.00545. The van der Waals surface area contributed by atoms with Gasteiger partial charge in [0.05, 0.1) is 24.6 Å². The first kappa shape index (κ1) is 12.9. The second kappa shape index (κ2) is 4.28. The van der Waals surface area contributed by atoms with Crippen molar-refractivity contribution in [1.82, 2.24) is 0 Å². The number of carbonyl (C=O) groups excluding carboxylic acids is 1. The highest BCUT2D eigenvalue weighted by molar-refractivity contribution is 5.96. The number of β-amino-alcohol motifs (C(OH)–C–C–N with tert-alkyl or cyclic N) is 1. The van der Waals surface area contributed by atoms with Crippen LogP contribution in [0.3, 0.4) is 0 Å². The molecule has 1 aromatic rings. The Morgan fingerprint density at radius 3 is 2.56 bits per heavy atom. The zero-order valence-corrected chi connectivity index (χ0v) is 9.66. The highest BCUT2D eigenvalue weighted by Crippen LogP contribution is 2.34. The molecule has 1 aliphatic rings. The van der Waals surface area contributed by atoms with E-state index < -0.39 is 17.8 Å². The van der Waals surface area contributed by atoms with Gasteiger partial charge in [0.25, 0.3) is 0 Å². The summed E-state index contributed by atoms with van der Waals surface area (Å²) in [5, 5.41) is 9.37. The van der Waals surface area contributed by atoms with E-state index in [-0.39, 0.29) is 24.6 Å². The highest BCUT2D eigenvalue weighted by atomic mass is 19.4. The van der Waals surface area contributed by atoms with Crippen LogP contribution in [0.15, 0.2) is 18.2 Å². The van der Waals surface area contributed by atoms with E-state index in [4.69, 9.17) is 0 Å². The van der Waals surface area contributed by atoms with Gasteiger partial charge in [-0.3, -0.25) is 4.79 Å². The summed E-state index contributed by atoms with van der Waals surface area (Å²) in [5.74, 6) is -0.357. The smallest absolute Gasteiger partial charge is 0.391 e. The van der Waals surface area contributed by atoms with Crippen LogP contribution < -0.4 is 4.90 Å². The number of halogens is 3. The first-order chi connectivity index (χ1) is 8.29. The lowest BCUT2D eigenvalue weighted by molar-refractivity contribution is -0.137. The van der Waals surface area contributed by atoms with Gasteiger partial charge >= 0.3 is 6.18 Å². The van der Waals surface area contributed by atoms with Crippen LogP contribution in [0.5, 0.6) is 0 Å². The van der Waals surface area contributed by atoms with E-state index in [9.17, 15) is 23.1 Å². The molecule has 18 heavy (non-hydrogen) atoms. The second-order valence-electron chi connectivity index (χ2n) is 4.36. The molecule has 1 saturated heterocycles. The Kier molecular flexibility index (Phi) is 3.06. The van der Waals surface area contributed by atoms with Gasteiger partial charge in [0.1, 0.15) is 0 Å². The maximum Gasteiger partial charge on any atom is 0.416 e. The van der Waals surface area contributed by atoms with Crippen LogP contribution >= 0.6 is 0 Å². The van der Waals surface area contributed by atoms with Crippen LogP contribution in [0.4, 0.5) is 18.9 Å². The fourth-order valence-electron chi connectivity index (χ4n) is 2.00. The Balaban J connectivity index is 2.41. The summed E-state index contributed by atoms with van der Waals surface area (Å²) >= 11 is 0. The molecule has 0 bridgehead atoms. The van der Waals surface area contributed by atoms with Crippen molar-refractivity contribution >= 4 is 11.6 Å². The average Bonchev–Trinajstić information content (AvgIpc) is 2.56. The van der Waals surface area contributed by atoms with Crippen LogP contribution in [-0.4, -0.2) is 23.7 Å². The molecule has 0 radical (unpaired) electrons. The molecule has 1 aliphatic heterocycles. The molecule has 1 aromatic carbocycles. The number of aliphatic hydroxyl groups excluding tert-OH is 1. The summed E-state index contributed by atoms with van der Waals surface area (Å²) < 4.78 is 37.8. The molecule has 1 N–H and O–H groups in total. The average molecular weight is 259 g/mol. The molecule has 0 aliphatic carbocycles. The minimum Gasteiger partial charge on any atom is -0.391 e. The maximum atomic E-state index is 12.6. The Morgan fingerprint density at radius 1 is 1.39 bits per heavy atom. The van der Waals surface area contributed by atoms with Gasteiger partial charge in [0.15, 0.2) is 0 Å². The van der Waals surface area contributed by atoms with Gasteiger partial charge < -0.3 is 10.0 Å². The molecule has 2 rings (SSSR count). The van der Waals surface area contributed by atoms with Crippen molar-refractivity contribution in [2.45, 2.75) is 25.6 Å². The predicted octanol–water partition coefficient (Wildman–Crippen LogP) is 2.11. The molecule has 1 unspecified atom stereocenters. The third-order valence-corrected chi connectivity index (χ3v) is 2.93. The number of nitrogens with zero attached hydrogens (tertiary/aromatic N) is 1. The molecule has 1 heterocycles. The molecule has 1 fully saturated rings. The van der Waals surface area contributed by atoms with Crippen molar-refractivity contribution in [2.75, 3.05) is 11.4 Å². The van der Waals surface area contributed by atoms with Crippen molar-refractivity contribution in [3.8, 4) is 0 Å². The van der Waals surface area contributed by atoms with E-state index >= 15 is 0 Å². The zero-order chi connectivity index (χ0) is 13.5. The molecule has 1 atom stereocenters. The third-order valence-electron chi connectivity index (χ3n) is 2.93. The van der Waals surface area contributed by atoms with Gasteiger partial charge in [-0.2, -0.15) is 13.2 Å². The molecular weight excluding hydrogens is 247 g/mol. The van der Waals surface area contributed by atoms with Gasteiger partial charge in [-0.15, -0.1) is 0 Å². The Bertz CT molecular complexity index is 485. The van der Waals surface area contributed by atoms with Gasteiger partial charge in [0.2, 0.25) is 5.91 Å². The summed E-state index contributed by atoms with van der Waals surface area (Å²) in [7, 11) is 0. The van der Waals surface area contributed by atoms with Gasteiger partial charge in [-0.1, -0.05) is 6.07 Å². The molecule has 98 valence electrons. The zero-order valence-electron chi connectivity index (χ0n) is 9.66. The number of anilines is 1. The normalized spacial score (nSPS) is 20.6. The highest BCUT2D eigenvalue weighted by Gasteiger charge is 2.34. The standard InChI is InChI=1S/C12H12F3NO2/c1-7-2-3-8(12(13,14)15)4-10(7)16-6-9(17)5-11(16)18/h2-4,9,17H,5-6H2,1H3. The molecular formula is C12H12F3NO2. The topological polar surface area (TPSA) is 40.5 Å². The van der Waals surface area contributed by atoms with Crippen molar-refractivity contribution in [1.29, 1.82) is 0 Å². The summed E-state index contributed by atoms with van der Waals surface area (Å²) in [6, 6.07) is 3.26. The number of hydrogen-bond donors (Lipinski definition) is 1. The summed E-state index contributed by atoms with van der Waals surface area (Å²) in [6.07, 6.45) is -5.30. The minimum atomic E-state index is -4.44. The first-order valence-corrected chi connectivity index (χ1v) is 5.45. The quantitative estimate of drug-likeness (QED) is 0.839. The molecule has 1 amide bonds. The van der Waals surface area contributed by atoms with Crippen LogP contribution in [-0.2, 0) is 11.0 Å². The molecule has 0 saturated carbocycles. The number of amides is 1. The summed E-state index contributed by atoms with van der Waals surface area (Å²) in [6.45, 7) is 1.68. The largest absolute Gasteiger partial charge is 0.416 e. The van der Waals surface area contributed by atoms with E-state index in [2.05, 4.69) is 0 Å². The second-order valence-corrected chi connectivity index (χ2v) is 4.36. The Labute approximate surface area is 102 Å². The van der Waals surface area contributed by atoms with Gasteiger partial charge in [-0.25, -0.2) is 0 Å². The first-order valence-electron chi connectivity index (χ1n) is 5.45. The molecule has 6 heteroatoms. The lowest BCUT2D eigenvalue weighted by Crippen LogP contribution is -2.26. The Hall–Kier alpha value is -1.56. The predicted molar refractivity (Wildman–Crippen MR) is 59.2 cm³/mol. The number of alkyl halides is 3. The van der Waals surface area contributed by atoms with Crippen LogP contribution in [0.25, 0.3) is 0 Å². The third kappa shape index (κ3) is 2.33. The lowest BCUT2D eigenvalue weighted by Gasteiger charge is -2.20. The number of aliphatic hydroxyl groups is 1. The van der Waals surface area contributed by atoms with E-state index in [1.165, 1.54) is 11.0 Å². The van der Waals surface area contributed by atoms with Crippen molar-refractivity contribution < 1.29 is 23.1 Å². The van der Waals surface area contributed by atoms with Crippen LogP contribution in [0, 0.1) is 6.92 Å². The number of aryl methyl sites for hydroxylation is 1. The molecule has 3 nitrogen and oxygen atoms in total. The minimum absolute atomic E-state index is 0.0426. The summed E-state index contributed by atoms with van der Waals surface area (Å²) in [4.78, 5) is 12.8. The van der Waals surface area contributed by atoms with E-state index in [1.807, 2.05) is 0 Å². The number of hydrogen-bond acceptors (Lipinski definition) is 2. The number of benzene rings is 1. The molecule has 0 spiro atoms. The van der Waals surface area contributed by atoms with Crippen molar-refractivity contribution in [3.63, 3.8) is 0 Å².